The lowest BCUT2D eigenvalue weighted by molar-refractivity contribution is -0.101. The fraction of sp³-hybridized carbons (Fsp3) is 0.538. The van der Waals surface area contributed by atoms with Gasteiger partial charge in [-0.2, -0.15) is 0 Å². The number of nitrogens with zero attached hydrogens (tertiary/aromatic N) is 2. The zero-order valence-corrected chi connectivity index (χ0v) is 12.0. The van der Waals surface area contributed by atoms with Crippen LogP contribution in [-0.2, 0) is 11.3 Å². The summed E-state index contributed by atoms with van der Waals surface area (Å²) in [5.74, 6) is 0.141. The Balaban J connectivity index is 2.97. The van der Waals surface area contributed by atoms with E-state index in [1.165, 1.54) is 12.2 Å². The fourth-order valence-corrected chi connectivity index (χ4v) is 1.80. The minimum Gasteiger partial charge on any atom is -0.274 e. The van der Waals surface area contributed by atoms with Crippen molar-refractivity contribution in [3.05, 3.63) is 28.5 Å². The Morgan fingerprint density at radius 2 is 2.17 bits per heavy atom. The van der Waals surface area contributed by atoms with Crippen molar-refractivity contribution in [2.45, 2.75) is 27.2 Å². The van der Waals surface area contributed by atoms with Crippen LogP contribution in [0.2, 0.25) is 5.15 Å². The topological polar surface area (TPSA) is 42.4 Å². The molecular formula is C13H19ClN2O2. The number of aromatic nitrogens is 1. The van der Waals surface area contributed by atoms with Gasteiger partial charge < -0.3 is 0 Å². The number of hydrogen-bond donors (Lipinski definition) is 0. The van der Waals surface area contributed by atoms with Gasteiger partial charge in [0.25, 0.3) is 5.91 Å². The largest absolute Gasteiger partial charge is 0.277 e. The van der Waals surface area contributed by atoms with Gasteiger partial charge >= 0.3 is 0 Å². The maximum absolute atomic E-state index is 12.2. The molecule has 1 aromatic rings. The van der Waals surface area contributed by atoms with E-state index in [1.54, 1.807) is 12.1 Å². The Hall–Kier alpha value is -1.13. The van der Waals surface area contributed by atoms with Crippen molar-refractivity contribution in [1.29, 1.82) is 0 Å². The molecule has 0 fully saturated rings. The lowest BCUT2D eigenvalue weighted by Gasteiger charge is -2.21. The molecule has 5 heteroatoms. The highest BCUT2D eigenvalue weighted by atomic mass is 35.5. The van der Waals surface area contributed by atoms with Gasteiger partial charge in [-0.3, -0.25) is 9.63 Å². The van der Waals surface area contributed by atoms with Crippen molar-refractivity contribution in [2.24, 2.45) is 5.92 Å². The summed E-state index contributed by atoms with van der Waals surface area (Å²) in [6.07, 6.45) is 0.734. The Kier molecular flexibility index (Phi) is 5.56. The molecule has 0 N–H and O–H groups in total. The lowest BCUT2D eigenvalue weighted by Crippen LogP contribution is -2.33. The third-order valence-electron chi connectivity index (χ3n) is 2.43. The number of carbonyl (C=O) groups excluding carboxylic acids is 1. The average Bonchev–Trinajstić information content (AvgIpc) is 2.34. The Morgan fingerprint density at radius 1 is 1.50 bits per heavy atom. The highest BCUT2D eigenvalue weighted by Gasteiger charge is 2.18. The maximum Gasteiger partial charge on any atom is 0.277 e. The summed E-state index contributed by atoms with van der Waals surface area (Å²) in [6.45, 7) is 6.55. The van der Waals surface area contributed by atoms with Crippen LogP contribution in [0.3, 0.4) is 0 Å². The van der Waals surface area contributed by atoms with Crippen LogP contribution in [0, 0.1) is 5.92 Å². The van der Waals surface area contributed by atoms with Crippen molar-refractivity contribution in [1.82, 2.24) is 10.0 Å². The van der Waals surface area contributed by atoms with Gasteiger partial charge in [-0.25, -0.2) is 10.0 Å². The van der Waals surface area contributed by atoms with Gasteiger partial charge in [0.05, 0.1) is 13.7 Å². The van der Waals surface area contributed by atoms with Crippen molar-refractivity contribution < 1.29 is 9.63 Å². The summed E-state index contributed by atoms with van der Waals surface area (Å²) in [5, 5.41) is 1.67. The Morgan fingerprint density at radius 3 is 2.67 bits per heavy atom. The minimum absolute atomic E-state index is 0.190. The van der Waals surface area contributed by atoms with Crippen LogP contribution < -0.4 is 0 Å². The van der Waals surface area contributed by atoms with Crippen molar-refractivity contribution in [3.8, 4) is 0 Å². The number of halogens is 1. The van der Waals surface area contributed by atoms with Crippen LogP contribution in [0.4, 0.5) is 0 Å². The van der Waals surface area contributed by atoms with Gasteiger partial charge in [0.15, 0.2) is 0 Å². The third-order valence-corrected chi connectivity index (χ3v) is 2.63. The molecule has 0 spiro atoms. The van der Waals surface area contributed by atoms with Crippen LogP contribution in [-0.4, -0.2) is 29.6 Å². The molecule has 0 aliphatic heterocycles. The predicted octanol–water partition coefficient (Wildman–Crippen LogP) is 2.96. The number of pyridine rings is 1. The Labute approximate surface area is 113 Å². The second kappa shape index (κ2) is 6.71. The number of rotatable bonds is 5. The van der Waals surface area contributed by atoms with Crippen LogP contribution in [0.5, 0.6) is 0 Å². The Bertz CT molecular complexity index is 421. The molecule has 100 valence electrons. The summed E-state index contributed by atoms with van der Waals surface area (Å²) in [5.41, 5.74) is 1.31. The van der Waals surface area contributed by atoms with Crippen LogP contribution in [0.25, 0.3) is 0 Å². The van der Waals surface area contributed by atoms with Gasteiger partial charge in [0.2, 0.25) is 0 Å². The van der Waals surface area contributed by atoms with E-state index in [1.807, 2.05) is 20.8 Å². The molecule has 0 aromatic carbocycles. The van der Waals surface area contributed by atoms with E-state index in [0.29, 0.717) is 23.2 Å². The number of amides is 1. The highest BCUT2D eigenvalue weighted by Crippen LogP contribution is 2.14. The zero-order valence-electron chi connectivity index (χ0n) is 11.2. The molecule has 1 aromatic heterocycles. The van der Waals surface area contributed by atoms with E-state index in [2.05, 4.69) is 4.98 Å². The second-order valence-corrected chi connectivity index (χ2v) is 4.85. The number of carbonyl (C=O) groups is 1. The molecule has 0 saturated carbocycles. The zero-order chi connectivity index (χ0) is 13.7. The summed E-state index contributed by atoms with van der Waals surface area (Å²) < 4.78 is 0. The van der Waals surface area contributed by atoms with Crippen molar-refractivity contribution in [2.75, 3.05) is 13.7 Å². The SMILES string of the molecule is CCc1cc(C(=O)N(CC(C)C)OC)cc(Cl)n1. The van der Waals surface area contributed by atoms with Crippen LogP contribution >= 0.6 is 11.6 Å². The molecule has 0 radical (unpaired) electrons. The molecule has 18 heavy (non-hydrogen) atoms. The van der Waals surface area contributed by atoms with E-state index in [4.69, 9.17) is 16.4 Å². The van der Waals surface area contributed by atoms with Gasteiger partial charge in [-0.15, -0.1) is 0 Å². The van der Waals surface area contributed by atoms with Crippen molar-refractivity contribution >= 4 is 17.5 Å². The molecule has 1 rings (SSSR count). The number of aryl methyl sites for hydroxylation is 1. The summed E-state index contributed by atoms with van der Waals surface area (Å²) in [6, 6.07) is 3.32. The van der Waals surface area contributed by atoms with Crippen LogP contribution in [0.1, 0.15) is 36.8 Å². The first-order chi connectivity index (χ1) is 8.47. The minimum atomic E-state index is -0.190. The van der Waals surface area contributed by atoms with E-state index in [0.717, 1.165) is 12.1 Å². The second-order valence-electron chi connectivity index (χ2n) is 4.47. The van der Waals surface area contributed by atoms with E-state index in [9.17, 15) is 4.79 Å². The first-order valence-corrected chi connectivity index (χ1v) is 6.38. The van der Waals surface area contributed by atoms with Gasteiger partial charge in [-0.1, -0.05) is 32.4 Å². The number of hydrogen-bond acceptors (Lipinski definition) is 3. The summed E-state index contributed by atoms with van der Waals surface area (Å²) in [7, 11) is 1.49. The molecular weight excluding hydrogens is 252 g/mol. The predicted molar refractivity (Wildman–Crippen MR) is 71.5 cm³/mol. The highest BCUT2D eigenvalue weighted by molar-refractivity contribution is 6.29. The smallest absolute Gasteiger partial charge is 0.274 e. The molecule has 0 aliphatic rings. The summed E-state index contributed by atoms with van der Waals surface area (Å²) in [4.78, 5) is 21.5. The third kappa shape index (κ3) is 3.96. The van der Waals surface area contributed by atoms with E-state index < -0.39 is 0 Å². The fourth-order valence-electron chi connectivity index (χ4n) is 1.57. The van der Waals surface area contributed by atoms with E-state index >= 15 is 0 Å². The lowest BCUT2D eigenvalue weighted by atomic mass is 10.1. The molecule has 1 amide bonds. The van der Waals surface area contributed by atoms with Crippen molar-refractivity contribution in [3.63, 3.8) is 0 Å². The monoisotopic (exact) mass is 270 g/mol. The normalized spacial score (nSPS) is 10.8. The van der Waals surface area contributed by atoms with Gasteiger partial charge in [-0.05, 0) is 24.5 Å². The molecule has 0 aliphatic carbocycles. The van der Waals surface area contributed by atoms with Gasteiger partial charge in [0.1, 0.15) is 5.15 Å². The quantitative estimate of drug-likeness (QED) is 0.610. The first-order valence-electron chi connectivity index (χ1n) is 6.00. The molecule has 0 saturated heterocycles. The average molecular weight is 271 g/mol. The molecule has 0 atom stereocenters. The molecule has 1 heterocycles. The standard InChI is InChI=1S/C13H19ClN2O2/c1-5-11-6-10(7-12(14)15-11)13(17)16(18-4)8-9(2)3/h6-7,9H,5,8H2,1-4H3. The van der Waals surface area contributed by atoms with E-state index in [-0.39, 0.29) is 5.91 Å². The van der Waals surface area contributed by atoms with Crippen LogP contribution in [0.15, 0.2) is 12.1 Å². The first kappa shape index (κ1) is 14.9. The maximum atomic E-state index is 12.2. The molecule has 0 unspecified atom stereocenters. The van der Waals surface area contributed by atoms with Gasteiger partial charge in [0, 0.05) is 11.3 Å². The summed E-state index contributed by atoms with van der Waals surface area (Å²) >= 11 is 5.90. The number of hydroxylamine groups is 2. The molecule has 4 nitrogen and oxygen atoms in total. The molecule has 0 bridgehead atoms.